The Bertz CT molecular complexity index is 516. The van der Waals surface area contributed by atoms with Gasteiger partial charge in [0, 0.05) is 12.1 Å². The van der Waals surface area contributed by atoms with Crippen LogP contribution in [0.5, 0.6) is 5.75 Å². The van der Waals surface area contributed by atoms with E-state index in [-0.39, 0.29) is 12.5 Å². The van der Waals surface area contributed by atoms with Crippen LogP contribution in [0.1, 0.15) is 49.7 Å². The lowest BCUT2D eigenvalue weighted by Crippen LogP contribution is -2.43. The minimum atomic E-state index is 0.172. The zero-order valence-electron chi connectivity index (χ0n) is 13.1. The Kier molecular flexibility index (Phi) is 4.18. The molecule has 1 aromatic carbocycles. The summed E-state index contributed by atoms with van der Waals surface area (Å²) in [6.07, 6.45) is 7.22. The second-order valence-corrected chi connectivity index (χ2v) is 6.46. The van der Waals surface area contributed by atoms with Gasteiger partial charge in [-0.05, 0) is 56.7 Å². The van der Waals surface area contributed by atoms with E-state index in [9.17, 15) is 4.79 Å². The van der Waals surface area contributed by atoms with Crippen molar-refractivity contribution in [2.75, 3.05) is 6.61 Å². The van der Waals surface area contributed by atoms with E-state index >= 15 is 0 Å². The van der Waals surface area contributed by atoms with Crippen LogP contribution in [0, 0.1) is 13.8 Å². The highest BCUT2D eigenvalue weighted by Gasteiger charge is 2.38. The van der Waals surface area contributed by atoms with Gasteiger partial charge in [-0.25, -0.2) is 0 Å². The summed E-state index contributed by atoms with van der Waals surface area (Å²) in [5.74, 6) is 1.01. The Labute approximate surface area is 127 Å². The lowest BCUT2D eigenvalue weighted by molar-refractivity contribution is -0.136. The van der Waals surface area contributed by atoms with Crippen molar-refractivity contribution in [1.29, 1.82) is 0 Å². The first-order valence-electron chi connectivity index (χ1n) is 8.17. The molecule has 1 aromatic rings. The number of carbonyl (C=O) groups excluding carboxylic acids is 1. The molecule has 0 spiro atoms. The number of benzene rings is 1. The molecule has 0 unspecified atom stereocenters. The summed E-state index contributed by atoms with van der Waals surface area (Å²) < 4.78 is 5.81. The van der Waals surface area contributed by atoms with Crippen LogP contribution in [0.2, 0.25) is 0 Å². The van der Waals surface area contributed by atoms with Crippen LogP contribution in [0.4, 0.5) is 0 Å². The zero-order valence-corrected chi connectivity index (χ0v) is 13.1. The summed E-state index contributed by atoms with van der Waals surface area (Å²) in [6, 6.07) is 6.96. The van der Waals surface area contributed by atoms with E-state index in [0.717, 1.165) is 11.3 Å². The highest BCUT2D eigenvalue weighted by molar-refractivity contribution is 5.79. The maximum atomic E-state index is 12.6. The van der Waals surface area contributed by atoms with Gasteiger partial charge in [-0.1, -0.05) is 25.0 Å². The molecule has 2 saturated carbocycles. The van der Waals surface area contributed by atoms with Crippen LogP contribution in [-0.4, -0.2) is 29.5 Å². The van der Waals surface area contributed by atoms with Crippen LogP contribution >= 0.6 is 0 Å². The molecule has 1 amide bonds. The van der Waals surface area contributed by atoms with Crippen LogP contribution in [-0.2, 0) is 4.79 Å². The number of aryl methyl sites for hydroxylation is 1. The molecule has 0 N–H and O–H groups in total. The van der Waals surface area contributed by atoms with E-state index < -0.39 is 0 Å². The lowest BCUT2D eigenvalue weighted by atomic mass is 10.1. The Hall–Kier alpha value is -1.51. The summed E-state index contributed by atoms with van der Waals surface area (Å²) in [7, 11) is 0. The number of ether oxygens (including phenoxy) is 1. The molecule has 0 aliphatic heterocycles. The molecule has 21 heavy (non-hydrogen) atoms. The smallest absolute Gasteiger partial charge is 0.261 e. The quantitative estimate of drug-likeness (QED) is 0.828. The Morgan fingerprint density at radius 3 is 2.48 bits per heavy atom. The van der Waals surface area contributed by atoms with Gasteiger partial charge in [0.05, 0.1) is 0 Å². The largest absolute Gasteiger partial charge is 0.483 e. The molecule has 2 fully saturated rings. The third-order valence-electron chi connectivity index (χ3n) is 4.85. The topological polar surface area (TPSA) is 29.5 Å². The van der Waals surface area contributed by atoms with Crippen molar-refractivity contribution in [3.8, 4) is 5.75 Å². The zero-order chi connectivity index (χ0) is 14.8. The van der Waals surface area contributed by atoms with Gasteiger partial charge in [-0.15, -0.1) is 0 Å². The first kappa shape index (κ1) is 14.4. The van der Waals surface area contributed by atoms with E-state index in [1.54, 1.807) is 0 Å². The molecule has 3 heteroatoms. The van der Waals surface area contributed by atoms with Crippen LogP contribution in [0.15, 0.2) is 18.2 Å². The number of rotatable bonds is 5. The molecule has 0 aromatic heterocycles. The number of hydrogen-bond acceptors (Lipinski definition) is 2. The minimum Gasteiger partial charge on any atom is -0.483 e. The fourth-order valence-electron chi connectivity index (χ4n) is 3.34. The SMILES string of the molecule is Cc1cccc(OCC(=O)N(C2CCCC2)C2CC2)c1C. The Morgan fingerprint density at radius 1 is 1.14 bits per heavy atom. The first-order valence-corrected chi connectivity index (χ1v) is 8.17. The molecule has 3 nitrogen and oxygen atoms in total. The van der Waals surface area contributed by atoms with Gasteiger partial charge in [-0.3, -0.25) is 4.79 Å². The van der Waals surface area contributed by atoms with E-state index in [2.05, 4.69) is 17.9 Å². The number of carbonyl (C=O) groups is 1. The average molecular weight is 287 g/mol. The van der Waals surface area contributed by atoms with Gasteiger partial charge < -0.3 is 9.64 Å². The molecule has 3 rings (SSSR count). The summed E-state index contributed by atoms with van der Waals surface area (Å²) in [4.78, 5) is 14.7. The van der Waals surface area contributed by atoms with E-state index in [1.807, 2.05) is 19.1 Å². The van der Waals surface area contributed by atoms with Crippen LogP contribution in [0.25, 0.3) is 0 Å². The maximum absolute atomic E-state index is 12.6. The molecular weight excluding hydrogens is 262 g/mol. The predicted molar refractivity (Wildman–Crippen MR) is 83.5 cm³/mol. The summed E-state index contributed by atoms with van der Waals surface area (Å²) in [5.41, 5.74) is 2.33. The predicted octanol–water partition coefficient (Wildman–Crippen LogP) is 3.62. The van der Waals surface area contributed by atoms with Gasteiger partial charge in [0.25, 0.3) is 5.91 Å². The standard InChI is InChI=1S/C18H25NO2/c1-13-6-5-9-17(14(13)2)21-12-18(20)19(16-10-11-16)15-7-3-4-8-15/h5-6,9,15-16H,3-4,7-8,10-12H2,1-2H3. The van der Waals surface area contributed by atoms with E-state index in [1.165, 1.54) is 44.1 Å². The van der Waals surface area contributed by atoms with Gasteiger partial charge in [0.1, 0.15) is 5.75 Å². The van der Waals surface area contributed by atoms with Gasteiger partial charge >= 0.3 is 0 Å². The monoisotopic (exact) mass is 287 g/mol. The molecule has 114 valence electrons. The van der Waals surface area contributed by atoms with Crippen molar-refractivity contribution < 1.29 is 9.53 Å². The molecular formula is C18H25NO2. The Morgan fingerprint density at radius 2 is 1.81 bits per heavy atom. The summed E-state index contributed by atoms with van der Waals surface area (Å²) in [6.45, 7) is 4.29. The van der Waals surface area contributed by atoms with Crippen molar-refractivity contribution in [2.24, 2.45) is 0 Å². The van der Waals surface area contributed by atoms with Crippen molar-refractivity contribution in [1.82, 2.24) is 4.90 Å². The summed E-state index contributed by atoms with van der Waals surface area (Å²) in [5, 5.41) is 0. The van der Waals surface area contributed by atoms with Crippen molar-refractivity contribution >= 4 is 5.91 Å². The molecule has 0 saturated heterocycles. The van der Waals surface area contributed by atoms with E-state index in [4.69, 9.17) is 4.74 Å². The second kappa shape index (κ2) is 6.08. The normalized spacial score (nSPS) is 18.8. The number of amides is 1. The van der Waals surface area contributed by atoms with E-state index in [0.29, 0.717) is 12.1 Å². The fourth-order valence-corrected chi connectivity index (χ4v) is 3.34. The first-order chi connectivity index (χ1) is 10.2. The highest BCUT2D eigenvalue weighted by Crippen LogP contribution is 2.34. The maximum Gasteiger partial charge on any atom is 0.261 e. The van der Waals surface area contributed by atoms with Gasteiger partial charge in [0.15, 0.2) is 6.61 Å². The second-order valence-electron chi connectivity index (χ2n) is 6.46. The molecule has 0 atom stereocenters. The summed E-state index contributed by atoms with van der Waals surface area (Å²) >= 11 is 0. The van der Waals surface area contributed by atoms with Gasteiger partial charge in [-0.2, -0.15) is 0 Å². The number of nitrogens with zero attached hydrogens (tertiary/aromatic N) is 1. The molecule has 0 bridgehead atoms. The lowest BCUT2D eigenvalue weighted by Gasteiger charge is -2.29. The van der Waals surface area contributed by atoms with Crippen molar-refractivity contribution in [3.63, 3.8) is 0 Å². The number of hydrogen-bond donors (Lipinski definition) is 0. The van der Waals surface area contributed by atoms with Gasteiger partial charge in [0.2, 0.25) is 0 Å². The van der Waals surface area contributed by atoms with Crippen molar-refractivity contribution in [2.45, 2.75) is 64.5 Å². The van der Waals surface area contributed by atoms with Crippen molar-refractivity contribution in [3.05, 3.63) is 29.3 Å². The molecule has 2 aliphatic carbocycles. The Balaban J connectivity index is 1.63. The average Bonchev–Trinajstić information content (AvgIpc) is 3.15. The molecule has 2 aliphatic rings. The third-order valence-corrected chi connectivity index (χ3v) is 4.85. The van der Waals surface area contributed by atoms with Crippen LogP contribution in [0.3, 0.4) is 0 Å². The minimum absolute atomic E-state index is 0.172. The highest BCUT2D eigenvalue weighted by atomic mass is 16.5. The fraction of sp³-hybridized carbons (Fsp3) is 0.611. The third kappa shape index (κ3) is 3.22. The molecule has 0 radical (unpaired) electrons. The molecule has 0 heterocycles. The van der Waals surface area contributed by atoms with Crippen LogP contribution < -0.4 is 4.74 Å².